The monoisotopic (exact) mass is 641 g/mol. The normalized spacial score (nSPS) is 15.4. The predicted octanol–water partition coefficient (Wildman–Crippen LogP) is 6.30. The molecule has 1 N–H and O–H groups in total. The third-order valence-electron chi connectivity index (χ3n) is 6.70. The zero-order chi connectivity index (χ0) is 29.8. The van der Waals surface area contributed by atoms with Crippen molar-refractivity contribution in [1.29, 1.82) is 0 Å². The molecule has 7 nitrogen and oxygen atoms in total. The van der Waals surface area contributed by atoms with Crippen LogP contribution in [-0.2, 0) is 32.3 Å². The molecule has 1 atom stereocenters. The molecular formula is C26H29Cl3F3N3O4S. The van der Waals surface area contributed by atoms with Crippen LogP contribution in [0.4, 0.5) is 18.9 Å². The van der Waals surface area contributed by atoms with Gasteiger partial charge in [-0.05, 0) is 55.7 Å². The molecule has 40 heavy (non-hydrogen) atoms. The third-order valence-corrected chi connectivity index (χ3v) is 8.73. The van der Waals surface area contributed by atoms with Crippen molar-refractivity contribution in [3.8, 4) is 0 Å². The molecule has 0 heterocycles. The van der Waals surface area contributed by atoms with Crippen molar-refractivity contribution < 1.29 is 31.2 Å². The Hall–Kier alpha value is -2.21. The highest BCUT2D eigenvalue weighted by molar-refractivity contribution is 7.92. The second kappa shape index (κ2) is 13.2. The Morgan fingerprint density at radius 3 is 2.25 bits per heavy atom. The Morgan fingerprint density at radius 1 is 1.02 bits per heavy atom. The molecular weight excluding hydrogens is 614 g/mol. The van der Waals surface area contributed by atoms with E-state index < -0.39 is 51.9 Å². The van der Waals surface area contributed by atoms with E-state index in [2.05, 4.69) is 5.32 Å². The molecule has 0 aliphatic heterocycles. The number of amides is 2. The minimum absolute atomic E-state index is 0.0591. The molecule has 2 aromatic rings. The van der Waals surface area contributed by atoms with E-state index in [1.54, 1.807) is 12.1 Å². The van der Waals surface area contributed by atoms with E-state index in [9.17, 15) is 31.2 Å². The molecule has 0 bridgehead atoms. The van der Waals surface area contributed by atoms with Crippen LogP contribution in [0.2, 0.25) is 15.1 Å². The molecule has 2 aromatic carbocycles. The molecule has 1 aliphatic rings. The fraction of sp³-hybridized carbons (Fsp3) is 0.462. The summed E-state index contributed by atoms with van der Waals surface area (Å²) in [6, 6.07) is 5.62. The summed E-state index contributed by atoms with van der Waals surface area (Å²) in [4.78, 5) is 28.0. The number of benzene rings is 2. The van der Waals surface area contributed by atoms with Gasteiger partial charge in [-0.15, -0.1) is 0 Å². The summed E-state index contributed by atoms with van der Waals surface area (Å²) in [6.45, 7) is 0.385. The first-order valence-electron chi connectivity index (χ1n) is 12.5. The minimum Gasteiger partial charge on any atom is -0.352 e. The summed E-state index contributed by atoms with van der Waals surface area (Å²) in [5, 5.41) is 3.20. The molecule has 3 rings (SSSR count). The van der Waals surface area contributed by atoms with E-state index in [0.717, 1.165) is 49.3 Å². The summed E-state index contributed by atoms with van der Waals surface area (Å²) in [5.74, 6) is -1.30. The summed E-state index contributed by atoms with van der Waals surface area (Å²) < 4.78 is 66.1. The minimum atomic E-state index is -4.78. The Bertz CT molecular complexity index is 1350. The highest BCUT2D eigenvalue weighted by Crippen LogP contribution is 2.36. The van der Waals surface area contributed by atoms with Gasteiger partial charge in [0.1, 0.15) is 12.6 Å². The molecule has 220 valence electrons. The maximum atomic E-state index is 13.7. The van der Waals surface area contributed by atoms with Gasteiger partial charge in [0.25, 0.3) is 0 Å². The van der Waals surface area contributed by atoms with Gasteiger partial charge in [0.05, 0.1) is 22.5 Å². The molecule has 1 saturated carbocycles. The highest BCUT2D eigenvalue weighted by atomic mass is 35.5. The lowest BCUT2D eigenvalue weighted by Gasteiger charge is -2.33. The summed E-state index contributed by atoms with van der Waals surface area (Å²) in [7, 11) is -4.30. The number of hydrogen-bond donors (Lipinski definition) is 1. The zero-order valence-corrected chi connectivity index (χ0v) is 24.9. The first kappa shape index (κ1) is 32.3. The van der Waals surface area contributed by atoms with E-state index in [0.29, 0.717) is 27.0 Å². The maximum absolute atomic E-state index is 13.7. The SMILES string of the molecule is C[C@H](C(=O)NC1CCCCC1)N(Cc1ccc(Cl)cc1Cl)C(=O)CN(c1cc(C(F)(F)F)ccc1Cl)S(C)(=O)=O. The van der Waals surface area contributed by atoms with Crippen LogP contribution < -0.4 is 9.62 Å². The number of rotatable bonds is 9. The number of sulfonamides is 1. The summed E-state index contributed by atoms with van der Waals surface area (Å²) >= 11 is 18.4. The van der Waals surface area contributed by atoms with Crippen LogP contribution in [0.3, 0.4) is 0 Å². The van der Waals surface area contributed by atoms with E-state index in [-0.39, 0.29) is 22.6 Å². The largest absolute Gasteiger partial charge is 0.416 e. The number of nitrogens with one attached hydrogen (secondary N) is 1. The molecule has 1 fully saturated rings. The number of halogens is 6. The van der Waals surface area contributed by atoms with Gasteiger partial charge in [0.2, 0.25) is 21.8 Å². The molecule has 2 amide bonds. The van der Waals surface area contributed by atoms with Gasteiger partial charge in [-0.1, -0.05) is 60.1 Å². The second-order valence-corrected chi connectivity index (χ2v) is 12.9. The van der Waals surface area contributed by atoms with Crippen LogP contribution in [-0.4, -0.2) is 50.0 Å². The average molecular weight is 643 g/mol. The smallest absolute Gasteiger partial charge is 0.352 e. The van der Waals surface area contributed by atoms with Gasteiger partial charge in [-0.3, -0.25) is 13.9 Å². The van der Waals surface area contributed by atoms with Crippen LogP contribution in [0.25, 0.3) is 0 Å². The van der Waals surface area contributed by atoms with Crippen LogP contribution >= 0.6 is 34.8 Å². The van der Waals surface area contributed by atoms with Crippen molar-refractivity contribution in [3.63, 3.8) is 0 Å². The first-order valence-corrected chi connectivity index (χ1v) is 15.4. The summed E-state index contributed by atoms with van der Waals surface area (Å²) in [5.41, 5.74) is -1.23. The number of carbonyl (C=O) groups excluding carboxylic acids is 2. The lowest BCUT2D eigenvalue weighted by atomic mass is 9.95. The standard InChI is InChI=1S/C26H29Cl3F3N3O4S/c1-16(25(37)33-20-6-4-3-5-7-20)34(14-17-8-10-19(27)13-22(17)29)24(36)15-35(40(2,38)39)23-12-18(26(30,31)32)9-11-21(23)28/h8-13,16,20H,3-7,14-15H2,1-2H3,(H,33,37)/t16-/m1/s1. The van der Waals surface area contributed by atoms with Crippen LogP contribution in [0.15, 0.2) is 36.4 Å². The van der Waals surface area contributed by atoms with Gasteiger partial charge in [0.15, 0.2) is 0 Å². The van der Waals surface area contributed by atoms with Gasteiger partial charge in [-0.2, -0.15) is 13.2 Å². The zero-order valence-electron chi connectivity index (χ0n) is 21.8. The summed E-state index contributed by atoms with van der Waals surface area (Å²) in [6.07, 6.45) is 0.552. The molecule has 0 aromatic heterocycles. The van der Waals surface area contributed by atoms with E-state index in [4.69, 9.17) is 34.8 Å². The van der Waals surface area contributed by atoms with Gasteiger partial charge < -0.3 is 10.2 Å². The molecule has 1 aliphatic carbocycles. The number of nitrogens with zero attached hydrogens (tertiary/aromatic N) is 2. The molecule has 0 saturated heterocycles. The highest BCUT2D eigenvalue weighted by Gasteiger charge is 2.35. The first-order chi connectivity index (χ1) is 18.6. The van der Waals surface area contributed by atoms with Crippen LogP contribution in [0, 0.1) is 0 Å². The lowest BCUT2D eigenvalue weighted by Crippen LogP contribution is -2.53. The fourth-order valence-corrected chi connectivity index (χ4v) is 6.05. The Morgan fingerprint density at radius 2 is 1.68 bits per heavy atom. The van der Waals surface area contributed by atoms with Crippen molar-refractivity contribution in [2.24, 2.45) is 0 Å². The van der Waals surface area contributed by atoms with E-state index in [1.165, 1.54) is 13.0 Å². The fourth-order valence-electron chi connectivity index (χ4n) is 4.46. The maximum Gasteiger partial charge on any atom is 0.416 e. The average Bonchev–Trinajstić information content (AvgIpc) is 2.86. The molecule has 0 unspecified atom stereocenters. The van der Waals surface area contributed by atoms with Gasteiger partial charge in [0, 0.05) is 22.6 Å². The van der Waals surface area contributed by atoms with Crippen molar-refractivity contribution in [3.05, 3.63) is 62.6 Å². The Kier molecular flexibility index (Phi) is 10.6. The Balaban J connectivity index is 1.97. The topological polar surface area (TPSA) is 86.8 Å². The van der Waals surface area contributed by atoms with Crippen molar-refractivity contribution in [1.82, 2.24) is 10.2 Å². The van der Waals surface area contributed by atoms with Crippen LogP contribution in [0.1, 0.15) is 50.2 Å². The van der Waals surface area contributed by atoms with E-state index >= 15 is 0 Å². The molecule has 0 spiro atoms. The predicted molar refractivity (Wildman–Crippen MR) is 150 cm³/mol. The number of carbonyl (C=O) groups is 2. The molecule has 0 radical (unpaired) electrons. The molecule has 14 heteroatoms. The van der Waals surface area contributed by atoms with Crippen molar-refractivity contribution >= 4 is 62.3 Å². The Labute approximate surface area is 246 Å². The quantitative estimate of drug-likeness (QED) is 0.348. The lowest BCUT2D eigenvalue weighted by molar-refractivity contribution is -0.139. The van der Waals surface area contributed by atoms with E-state index in [1.807, 2.05) is 0 Å². The van der Waals surface area contributed by atoms with Crippen molar-refractivity contribution in [2.45, 2.75) is 63.8 Å². The number of hydrogen-bond acceptors (Lipinski definition) is 4. The number of anilines is 1. The van der Waals surface area contributed by atoms with Crippen LogP contribution in [0.5, 0.6) is 0 Å². The van der Waals surface area contributed by atoms with Crippen molar-refractivity contribution in [2.75, 3.05) is 17.1 Å². The number of alkyl halides is 3. The second-order valence-electron chi connectivity index (χ2n) is 9.71. The third kappa shape index (κ3) is 8.41. The van der Waals surface area contributed by atoms with Gasteiger partial charge >= 0.3 is 6.18 Å². The van der Waals surface area contributed by atoms with Gasteiger partial charge in [-0.25, -0.2) is 8.42 Å².